The topological polar surface area (TPSA) is 100 Å². The Labute approximate surface area is 214 Å². The lowest BCUT2D eigenvalue weighted by atomic mass is 9.91. The van der Waals surface area contributed by atoms with Crippen LogP contribution in [0.1, 0.15) is 18.2 Å². The molecule has 1 aliphatic carbocycles. The molecule has 0 radical (unpaired) electrons. The van der Waals surface area contributed by atoms with Crippen molar-refractivity contribution in [1.29, 1.82) is 0 Å². The van der Waals surface area contributed by atoms with Crippen molar-refractivity contribution >= 4 is 11.8 Å². The van der Waals surface area contributed by atoms with E-state index in [1.54, 1.807) is 7.11 Å². The largest absolute Gasteiger partial charge is 0.383 e. The molecule has 10 nitrogen and oxygen atoms in total. The Bertz CT molecular complexity index is 1540. The van der Waals surface area contributed by atoms with E-state index < -0.39 is 0 Å². The zero-order chi connectivity index (χ0) is 25.4. The van der Waals surface area contributed by atoms with E-state index in [-0.39, 0.29) is 0 Å². The fourth-order valence-electron chi connectivity index (χ4n) is 4.81. The average molecular weight is 496 g/mol. The molecule has 188 valence electrons. The van der Waals surface area contributed by atoms with Crippen molar-refractivity contribution in [3.05, 3.63) is 66.4 Å². The molecule has 1 aliphatic rings. The molecule has 5 aromatic rings. The van der Waals surface area contributed by atoms with Crippen molar-refractivity contribution in [2.24, 2.45) is 7.05 Å². The molecule has 0 unspecified atom stereocenters. The number of aromatic nitrogens is 8. The highest BCUT2D eigenvalue weighted by Crippen LogP contribution is 2.40. The molecular formula is C27H29N9O. The summed E-state index contributed by atoms with van der Waals surface area (Å²) < 4.78 is 10.9. The Morgan fingerprint density at radius 2 is 1.81 bits per heavy atom. The number of nitrogens with zero attached hydrogens (tertiary/aromatic N) is 8. The van der Waals surface area contributed by atoms with Gasteiger partial charge in [0.2, 0.25) is 5.95 Å². The molecule has 0 saturated heterocycles. The molecule has 0 saturated carbocycles. The summed E-state index contributed by atoms with van der Waals surface area (Å²) in [6, 6.07) is 10.5. The average Bonchev–Trinajstić information content (AvgIpc) is 3.66. The molecule has 0 atom stereocenters. The van der Waals surface area contributed by atoms with E-state index in [1.807, 2.05) is 45.7 Å². The number of anilines is 2. The Balaban J connectivity index is 1.33. The molecule has 0 fully saturated rings. The summed E-state index contributed by atoms with van der Waals surface area (Å²) in [4.78, 5) is 9.50. The van der Waals surface area contributed by atoms with E-state index in [2.05, 4.69) is 57.9 Å². The first-order chi connectivity index (χ1) is 18.1. The number of rotatable bonds is 8. The monoisotopic (exact) mass is 495 g/mol. The van der Waals surface area contributed by atoms with Crippen LogP contribution < -0.4 is 5.32 Å². The highest BCUT2D eigenvalue weighted by molar-refractivity contribution is 5.85. The Hall–Kier alpha value is -4.31. The van der Waals surface area contributed by atoms with Gasteiger partial charge in [-0.15, -0.1) is 0 Å². The number of methoxy groups -OCH3 is 1. The molecule has 0 amide bonds. The molecule has 0 aliphatic heterocycles. The van der Waals surface area contributed by atoms with Crippen LogP contribution in [-0.2, 0) is 37.7 Å². The van der Waals surface area contributed by atoms with Crippen molar-refractivity contribution in [3.63, 3.8) is 0 Å². The molecule has 4 aromatic heterocycles. The number of fused-ring (bicyclic) bond motifs is 3. The van der Waals surface area contributed by atoms with Gasteiger partial charge >= 0.3 is 0 Å². The van der Waals surface area contributed by atoms with Crippen LogP contribution in [0, 0.1) is 0 Å². The predicted molar refractivity (Wildman–Crippen MR) is 141 cm³/mol. The van der Waals surface area contributed by atoms with Crippen molar-refractivity contribution in [1.82, 2.24) is 39.3 Å². The lowest BCUT2D eigenvalue weighted by molar-refractivity contribution is 0.183. The second-order valence-corrected chi connectivity index (χ2v) is 9.11. The first-order valence-electron chi connectivity index (χ1n) is 12.5. The van der Waals surface area contributed by atoms with Gasteiger partial charge in [0.25, 0.3) is 0 Å². The van der Waals surface area contributed by atoms with E-state index >= 15 is 0 Å². The summed E-state index contributed by atoms with van der Waals surface area (Å²) in [7, 11) is 3.68. The maximum absolute atomic E-state index is 5.14. The molecule has 6 rings (SSSR count). The zero-order valence-corrected chi connectivity index (χ0v) is 21.2. The minimum atomic E-state index is 0.515. The third-order valence-corrected chi connectivity index (χ3v) is 6.71. The minimum absolute atomic E-state index is 0.515. The molecule has 4 heterocycles. The van der Waals surface area contributed by atoms with Gasteiger partial charge in [0.05, 0.1) is 36.4 Å². The highest BCUT2D eigenvalue weighted by atomic mass is 16.5. The third kappa shape index (κ3) is 4.40. The smallest absolute Gasteiger partial charge is 0.228 e. The first kappa shape index (κ1) is 23.1. The van der Waals surface area contributed by atoms with Crippen molar-refractivity contribution in [2.75, 3.05) is 19.0 Å². The van der Waals surface area contributed by atoms with E-state index in [1.165, 1.54) is 0 Å². The molecule has 10 heteroatoms. The lowest BCUT2D eigenvalue weighted by Gasteiger charge is -2.17. The quantitative estimate of drug-likeness (QED) is 0.346. The number of hydrogen-bond acceptors (Lipinski definition) is 7. The normalized spacial score (nSPS) is 12.4. The number of hydrogen-bond donors (Lipinski definition) is 1. The van der Waals surface area contributed by atoms with Crippen molar-refractivity contribution in [2.45, 2.75) is 32.9 Å². The second-order valence-electron chi connectivity index (χ2n) is 9.11. The van der Waals surface area contributed by atoms with E-state index in [4.69, 9.17) is 14.8 Å². The summed E-state index contributed by atoms with van der Waals surface area (Å²) in [5.41, 5.74) is 8.59. The first-order valence-corrected chi connectivity index (χ1v) is 12.5. The van der Waals surface area contributed by atoms with Crippen molar-refractivity contribution in [3.8, 4) is 33.6 Å². The summed E-state index contributed by atoms with van der Waals surface area (Å²) in [6.45, 7) is 4.23. The van der Waals surface area contributed by atoms with Crippen LogP contribution in [-0.4, -0.2) is 53.0 Å². The molecule has 1 N–H and O–H groups in total. The summed E-state index contributed by atoms with van der Waals surface area (Å²) in [6.07, 6.45) is 9.54. The van der Waals surface area contributed by atoms with E-state index in [0.717, 1.165) is 64.3 Å². The van der Waals surface area contributed by atoms with Crippen LogP contribution in [0.3, 0.4) is 0 Å². The number of nitrogens with one attached hydrogen (secondary N) is 1. The summed E-state index contributed by atoms with van der Waals surface area (Å²) in [5.74, 6) is 1.21. The fourth-order valence-corrected chi connectivity index (χ4v) is 4.81. The SMILES string of the molecule is CCn1cc(-c2ccc(-c3c4c(nn3C)CCc3cnc(Nc5ccn(CCOC)n5)nc3-4)cc2)cn1. The Kier molecular flexibility index (Phi) is 6.01. The van der Waals surface area contributed by atoms with Gasteiger partial charge in [-0.2, -0.15) is 15.3 Å². The van der Waals surface area contributed by atoms with Gasteiger partial charge in [0.15, 0.2) is 5.82 Å². The van der Waals surface area contributed by atoms with Crippen LogP contribution in [0.2, 0.25) is 0 Å². The van der Waals surface area contributed by atoms with Gasteiger partial charge in [0, 0.05) is 62.0 Å². The van der Waals surface area contributed by atoms with Crippen LogP contribution in [0.15, 0.2) is 55.1 Å². The third-order valence-electron chi connectivity index (χ3n) is 6.71. The fraction of sp³-hybridized carbons (Fsp3) is 0.296. The number of benzene rings is 1. The Morgan fingerprint density at radius 1 is 0.973 bits per heavy atom. The van der Waals surface area contributed by atoms with Gasteiger partial charge in [-0.25, -0.2) is 9.97 Å². The van der Waals surface area contributed by atoms with E-state index in [9.17, 15) is 0 Å². The molecule has 37 heavy (non-hydrogen) atoms. The van der Waals surface area contributed by atoms with E-state index in [0.29, 0.717) is 24.9 Å². The summed E-state index contributed by atoms with van der Waals surface area (Å²) in [5, 5.41) is 17.0. The van der Waals surface area contributed by atoms with Crippen LogP contribution >= 0.6 is 0 Å². The van der Waals surface area contributed by atoms with Gasteiger partial charge in [-0.1, -0.05) is 24.3 Å². The summed E-state index contributed by atoms with van der Waals surface area (Å²) >= 11 is 0. The Morgan fingerprint density at radius 3 is 2.59 bits per heavy atom. The molecule has 0 bridgehead atoms. The molecule has 1 aromatic carbocycles. The van der Waals surface area contributed by atoms with Crippen molar-refractivity contribution < 1.29 is 4.74 Å². The van der Waals surface area contributed by atoms with Gasteiger partial charge in [0.1, 0.15) is 0 Å². The maximum Gasteiger partial charge on any atom is 0.228 e. The molecular weight excluding hydrogens is 466 g/mol. The van der Waals surface area contributed by atoms with Crippen LogP contribution in [0.5, 0.6) is 0 Å². The van der Waals surface area contributed by atoms with Crippen LogP contribution in [0.4, 0.5) is 11.8 Å². The standard InChI is InChI=1S/C27H29N9O/c1-4-35-17-21(16-29-35)18-5-7-19(8-6-18)26-24-22(32-34(26)2)10-9-20-15-28-27(31-25(20)24)30-23-11-12-36(33-23)13-14-37-3/h5-8,11-12,15-17H,4,9-10,13-14H2,1-3H3,(H,28,30,31,33). The highest BCUT2D eigenvalue weighted by Gasteiger charge is 2.27. The minimum Gasteiger partial charge on any atom is -0.383 e. The number of ether oxygens (including phenoxy) is 1. The van der Waals surface area contributed by atoms with Gasteiger partial charge < -0.3 is 10.1 Å². The van der Waals surface area contributed by atoms with Crippen LogP contribution in [0.25, 0.3) is 33.6 Å². The zero-order valence-electron chi connectivity index (χ0n) is 21.2. The maximum atomic E-state index is 5.14. The predicted octanol–water partition coefficient (Wildman–Crippen LogP) is 4.11. The van der Waals surface area contributed by atoms with Gasteiger partial charge in [-0.05, 0) is 30.9 Å². The number of aryl methyl sites for hydroxylation is 4. The molecule has 0 spiro atoms. The lowest BCUT2D eigenvalue weighted by Crippen LogP contribution is -2.09. The van der Waals surface area contributed by atoms with Gasteiger partial charge in [-0.3, -0.25) is 14.0 Å². The second kappa shape index (κ2) is 9.62.